The van der Waals surface area contributed by atoms with Crippen molar-refractivity contribution in [3.05, 3.63) is 95.1 Å². The van der Waals surface area contributed by atoms with Crippen molar-refractivity contribution in [1.29, 1.82) is 0 Å². The van der Waals surface area contributed by atoms with Crippen molar-refractivity contribution in [2.45, 2.75) is 19.9 Å². The lowest BCUT2D eigenvalue weighted by Crippen LogP contribution is -2.39. The fourth-order valence-electron chi connectivity index (χ4n) is 3.94. The van der Waals surface area contributed by atoms with Gasteiger partial charge in [0, 0.05) is 11.3 Å². The van der Waals surface area contributed by atoms with E-state index in [0.717, 1.165) is 28.1 Å². The first-order valence-corrected chi connectivity index (χ1v) is 11.6. The Morgan fingerprint density at radius 2 is 1.73 bits per heavy atom. The summed E-state index contributed by atoms with van der Waals surface area (Å²) in [4.78, 5) is 36.7. The van der Waals surface area contributed by atoms with E-state index in [9.17, 15) is 9.59 Å². The van der Waals surface area contributed by atoms with Crippen LogP contribution >= 0.6 is 11.8 Å². The zero-order valence-electron chi connectivity index (χ0n) is 18.3. The summed E-state index contributed by atoms with van der Waals surface area (Å²) < 4.78 is 0. The summed E-state index contributed by atoms with van der Waals surface area (Å²) in [6, 6.07) is 22.4. The van der Waals surface area contributed by atoms with Gasteiger partial charge in [-0.05, 0) is 54.8 Å². The summed E-state index contributed by atoms with van der Waals surface area (Å²) >= 11 is 1.30. The highest BCUT2D eigenvalue weighted by Gasteiger charge is 2.42. The maximum atomic E-state index is 13.0. The third kappa shape index (κ3) is 4.07. The number of nitrogens with one attached hydrogen (secondary N) is 1. The number of nitrogens with zero attached hydrogens (tertiary/aromatic N) is 3. The second-order valence-corrected chi connectivity index (χ2v) is 8.95. The van der Waals surface area contributed by atoms with Gasteiger partial charge >= 0.3 is 0 Å². The largest absolute Gasteiger partial charge is 0.325 e. The van der Waals surface area contributed by atoms with Crippen LogP contribution < -0.4 is 5.32 Å². The first-order chi connectivity index (χ1) is 16.0. The number of aryl methyl sites for hydroxylation is 2. The van der Waals surface area contributed by atoms with Gasteiger partial charge in [0.25, 0.3) is 5.91 Å². The topological polar surface area (TPSA) is 74.1 Å². The molecule has 1 N–H and O–H groups in total. The smallest absolute Gasteiger partial charge is 0.275 e. The van der Waals surface area contributed by atoms with Crippen LogP contribution in [-0.4, -0.2) is 33.5 Å². The normalized spacial score (nSPS) is 16.6. The molecule has 0 saturated heterocycles. The highest BCUT2D eigenvalue weighted by Crippen LogP contribution is 2.39. The molecule has 0 aliphatic carbocycles. The molecule has 1 atom stereocenters. The summed E-state index contributed by atoms with van der Waals surface area (Å²) in [5, 5.41) is 3.54. The van der Waals surface area contributed by atoms with Crippen LogP contribution in [0.15, 0.2) is 82.8 Å². The lowest BCUT2D eigenvalue weighted by molar-refractivity contribution is -0.119. The van der Waals surface area contributed by atoms with Crippen LogP contribution in [0.2, 0.25) is 0 Å². The van der Waals surface area contributed by atoms with Crippen molar-refractivity contribution in [3.8, 4) is 0 Å². The zero-order chi connectivity index (χ0) is 22.9. The van der Waals surface area contributed by atoms with Gasteiger partial charge in [-0.3, -0.25) is 14.5 Å². The molecule has 3 aromatic carbocycles. The number of thioether (sulfide) groups is 1. The van der Waals surface area contributed by atoms with Gasteiger partial charge in [-0.15, -0.1) is 0 Å². The number of carbonyl (C=O) groups excluding carboxylic acids is 2. The molecule has 2 heterocycles. The van der Waals surface area contributed by atoms with E-state index in [2.05, 4.69) is 10.3 Å². The number of amides is 2. The number of aliphatic imine (C=N–C) groups is 2. The molecule has 5 rings (SSSR count). The number of hydrogen-bond donors (Lipinski definition) is 1. The molecule has 0 saturated carbocycles. The van der Waals surface area contributed by atoms with Gasteiger partial charge in [-0.2, -0.15) is 4.99 Å². The highest BCUT2D eigenvalue weighted by atomic mass is 32.2. The zero-order valence-corrected chi connectivity index (χ0v) is 19.1. The standard InChI is InChI=1S/C26H22N4O2S/c1-16-12-13-19(14-17(16)2)27-22(31)15-33-26-28-21-11-7-6-10-20(21)24-29-25(32)23(30(24)26)18-8-4-3-5-9-18/h3-14,23H,15H2,1-2H3,(H,27,31). The molecule has 7 heteroatoms. The first kappa shape index (κ1) is 21.2. The number of para-hydroxylation sites is 1. The van der Waals surface area contributed by atoms with E-state index in [1.165, 1.54) is 17.3 Å². The Morgan fingerprint density at radius 3 is 2.52 bits per heavy atom. The predicted octanol–water partition coefficient (Wildman–Crippen LogP) is 5.01. The van der Waals surface area contributed by atoms with Crippen LogP contribution in [0.1, 0.15) is 28.3 Å². The second kappa shape index (κ2) is 8.67. The summed E-state index contributed by atoms with van der Waals surface area (Å²) in [5.41, 5.74) is 5.46. The average Bonchev–Trinajstić information content (AvgIpc) is 3.18. The van der Waals surface area contributed by atoms with E-state index in [1.807, 2.05) is 91.5 Å². The van der Waals surface area contributed by atoms with Crippen molar-refractivity contribution in [2.24, 2.45) is 9.98 Å². The summed E-state index contributed by atoms with van der Waals surface area (Å²) in [6.07, 6.45) is 0. The second-order valence-electron chi connectivity index (χ2n) is 8.00. The lowest BCUT2D eigenvalue weighted by atomic mass is 10.0. The Balaban J connectivity index is 1.42. The number of hydrogen-bond acceptors (Lipinski definition) is 5. The van der Waals surface area contributed by atoms with Gasteiger partial charge in [0.05, 0.1) is 11.4 Å². The van der Waals surface area contributed by atoms with Crippen LogP contribution in [0.25, 0.3) is 0 Å². The first-order valence-electron chi connectivity index (χ1n) is 10.7. The fourth-order valence-corrected chi connectivity index (χ4v) is 4.76. The molecule has 6 nitrogen and oxygen atoms in total. The van der Waals surface area contributed by atoms with Gasteiger partial charge < -0.3 is 5.32 Å². The third-order valence-corrected chi connectivity index (χ3v) is 6.69. The molecule has 0 spiro atoms. The number of carbonyl (C=O) groups is 2. The monoisotopic (exact) mass is 454 g/mol. The Morgan fingerprint density at radius 1 is 0.970 bits per heavy atom. The van der Waals surface area contributed by atoms with Gasteiger partial charge in [0.15, 0.2) is 5.17 Å². The summed E-state index contributed by atoms with van der Waals surface area (Å²) in [7, 11) is 0. The van der Waals surface area contributed by atoms with Crippen LogP contribution in [0, 0.1) is 13.8 Å². The van der Waals surface area contributed by atoms with Crippen LogP contribution in [-0.2, 0) is 9.59 Å². The molecule has 2 amide bonds. The molecular weight excluding hydrogens is 432 g/mol. The van der Waals surface area contributed by atoms with Crippen molar-refractivity contribution in [2.75, 3.05) is 11.1 Å². The fraction of sp³-hybridized carbons (Fsp3) is 0.154. The van der Waals surface area contributed by atoms with E-state index in [0.29, 0.717) is 11.0 Å². The predicted molar refractivity (Wildman–Crippen MR) is 133 cm³/mol. The summed E-state index contributed by atoms with van der Waals surface area (Å²) in [6.45, 7) is 4.05. The highest BCUT2D eigenvalue weighted by molar-refractivity contribution is 8.14. The number of fused-ring (bicyclic) bond motifs is 3. The Labute approximate surface area is 196 Å². The molecule has 3 aromatic rings. The van der Waals surface area contributed by atoms with Crippen molar-refractivity contribution < 1.29 is 9.59 Å². The molecule has 0 radical (unpaired) electrons. The molecule has 2 aliphatic rings. The number of anilines is 1. The molecular formula is C26H22N4O2S. The van der Waals surface area contributed by atoms with Gasteiger partial charge in [-0.25, -0.2) is 4.99 Å². The number of rotatable bonds is 4. The molecule has 33 heavy (non-hydrogen) atoms. The van der Waals surface area contributed by atoms with Crippen LogP contribution in [0.5, 0.6) is 0 Å². The van der Waals surface area contributed by atoms with E-state index in [4.69, 9.17) is 4.99 Å². The number of amidine groups is 2. The van der Waals surface area contributed by atoms with E-state index in [-0.39, 0.29) is 17.6 Å². The lowest BCUT2D eigenvalue weighted by Gasteiger charge is -2.31. The molecule has 2 aliphatic heterocycles. The summed E-state index contributed by atoms with van der Waals surface area (Å²) in [5.74, 6) is 0.371. The van der Waals surface area contributed by atoms with Crippen molar-refractivity contribution in [3.63, 3.8) is 0 Å². The third-order valence-electron chi connectivity index (χ3n) is 5.74. The Bertz CT molecular complexity index is 1320. The molecule has 164 valence electrons. The minimum absolute atomic E-state index is 0.134. The van der Waals surface area contributed by atoms with Gasteiger partial charge in [-0.1, -0.05) is 60.3 Å². The van der Waals surface area contributed by atoms with Crippen LogP contribution in [0.4, 0.5) is 11.4 Å². The van der Waals surface area contributed by atoms with E-state index >= 15 is 0 Å². The van der Waals surface area contributed by atoms with Crippen molar-refractivity contribution in [1.82, 2.24) is 4.90 Å². The van der Waals surface area contributed by atoms with Crippen LogP contribution in [0.3, 0.4) is 0 Å². The molecule has 0 bridgehead atoms. The minimum atomic E-state index is -0.594. The quantitative estimate of drug-likeness (QED) is 0.602. The van der Waals surface area contributed by atoms with Crippen molar-refractivity contribution >= 4 is 46.0 Å². The SMILES string of the molecule is Cc1ccc(NC(=O)CSC2=Nc3ccccc3C3=NC(=O)C(c4ccccc4)N23)cc1C. The van der Waals surface area contributed by atoms with Gasteiger partial charge in [0.2, 0.25) is 5.91 Å². The molecule has 0 fully saturated rings. The van der Waals surface area contributed by atoms with E-state index < -0.39 is 6.04 Å². The Kier molecular flexibility index (Phi) is 5.56. The minimum Gasteiger partial charge on any atom is -0.325 e. The van der Waals surface area contributed by atoms with E-state index in [1.54, 1.807) is 0 Å². The maximum absolute atomic E-state index is 13.0. The molecule has 0 aromatic heterocycles. The average molecular weight is 455 g/mol. The number of benzene rings is 3. The molecule has 1 unspecified atom stereocenters. The Hall–Kier alpha value is -3.71. The maximum Gasteiger partial charge on any atom is 0.275 e. The van der Waals surface area contributed by atoms with Gasteiger partial charge in [0.1, 0.15) is 11.9 Å².